The lowest BCUT2D eigenvalue weighted by Gasteiger charge is -2.37. The van der Waals surface area contributed by atoms with Gasteiger partial charge in [-0.1, -0.05) is 13.3 Å². The first-order valence-electron chi connectivity index (χ1n) is 10.2. The number of nitrogens with zero attached hydrogens (tertiary/aromatic N) is 4. The van der Waals surface area contributed by atoms with Crippen molar-refractivity contribution in [3.05, 3.63) is 34.8 Å². The molecule has 162 valence electrons. The lowest BCUT2D eigenvalue weighted by atomic mass is 9.68. The molecule has 0 radical (unpaired) electrons. The van der Waals surface area contributed by atoms with Crippen molar-refractivity contribution in [1.29, 1.82) is 0 Å². The summed E-state index contributed by atoms with van der Waals surface area (Å²) in [4.78, 5) is 19.1. The molecule has 0 unspecified atom stereocenters. The highest BCUT2D eigenvalue weighted by atomic mass is 19.4. The Balaban J connectivity index is 1.49. The molecule has 4 rings (SSSR count). The summed E-state index contributed by atoms with van der Waals surface area (Å²) in [6.07, 6.45) is -0.603. The van der Waals surface area contributed by atoms with Crippen LogP contribution >= 0.6 is 0 Å². The van der Waals surface area contributed by atoms with Crippen molar-refractivity contribution in [2.75, 3.05) is 16.8 Å². The van der Waals surface area contributed by atoms with Crippen molar-refractivity contribution in [3.8, 4) is 0 Å². The Morgan fingerprint density at radius 1 is 1.23 bits per heavy atom. The van der Waals surface area contributed by atoms with Crippen LogP contribution < -0.4 is 10.2 Å². The van der Waals surface area contributed by atoms with E-state index in [4.69, 9.17) is 0 Å². The molecule has 1 saturated carbocycles. The Morgan fingerprint density at radius 2 is 1.97 bits per heavy atom. The van der Waals surface area contributed by atoms with Gasteiger partial charge in [0.25, 0.3) is 0 Å². The molecular formula is C21H26F3N5O. The normalized spacial score (nSPS) is 18.0. The molecule has 1 fully saturated rings. The molecule has 0 bridgehead atoms. The van der Waals surface area contributed by atoms with E-state index in [2.05, 4.69) is 22.3 Å². The van der Waals surface area contributed by atoms with E-state index in [-0.39, 0.29) is 11.3 Å². The quantitative estimate of drug-likeness (QED) is 0.792. The van der Waals surface area contributed by atoms with Gasteiger partial charge in [0, 0.05) is 13.0 Å². The molecule has 0 atom stereocenters. The Hall–Kier alpha value is -2.58. The summed E-state index contributed by atoms with van der Waals surface area (Å²) in [7, 11) is 0. The van der Waals surface area contributed by atoms with Gasteiger partial charge in [-0.25, -0.2) is 4.98 Å². The van der Waals surface area contributed by atoms with Gasteiger partial charge in [-0.3, -0.25) is 9.48 Å². The second kappa shape index (κ2) is 7.28. The Bertz CT molecular complexity index is 955. The molecule has 0 aromatic carbocycles. The predicted octanol–water partition coefficient (Wildman–Crippen LogP) is 4.45. The number of aryl methyl sites for hydroxylation is 2. The average Bonchev–Trinajstić information content (AvgIpc) is 3.07. The molecule has 2 aromatic heterocycles. The highest BCUT2D eigenvalue weighted by Gasteiger charge is 2.36. The van der Waals surface area contributed by atoms with E-state index in [9.17, 15) is 18.0 Å². The average molecular weight is 421 g/mol. The van der Waals surface area contributed by atoms with Gasteiger partial charge in [0.1, 0.15) is 5.82 Å². The number of rotatable bonds is 4. The van der Waals surface area contributed by atoms with Crippen LogP contribution in [0.2, 0.25) is 0 Å². The maximum atomic E-state index is 12.9. The Morgan fingerprint density at radius 3 is 2.57 bits per heavy atom. The number of hydrogen-bond donors (Lipinski definition) is 1. The SMILES string of the molecule is Cc1cc(N2CCn3nc(C(F)(F)F)cc3C2)nc(C)c1NC(=O)CC1(C)CCC1. The molecule has 0 spiro atoms. The lowest BCUT2D eigenvalue weighted by molar-refractivity contribution is -0.141. The number of amides is 1. The molecule has 2 aromatic rings. The Labute approximate surface area is 173 Å². The van der Waals surface area contributed by atoms with Crippen LogP contribution in [0.15, 0.2) is 12.1 Å². The molecule has 1 aliphatic carbocycles. The van der Waals surface area contributed by atoms with E-state index in [0.29, 0.717) is 48.9 Å². The fraction of sp³-hybridized carbons (Fsp3) is 0.571. The molecular weight excluding hydrogens is 395 g/mol. The fourth-order valence-corrected chi connectivity index (χ4v) is 4.29. The van der Waals surface area contributed by atoms with Gasteiger partial charge in [0.05, 0.1) is 30.2 Å². The molecule has 30 heavy (non-hydrogen) atoms. The van der Waals surface area contributed by atoms with Crippen LogP contribution in [-0.4, -0.2) is 27.2 Å². The zero-order valence-corrected chi connectivity index (χ0v) is 17.4. The van der Waals surface area contributed by atoms with Crippen LogP contribution in [0.25, 0.3) is 0 Å². The van der Waals surface area contributed by atoms with Crippen molar-refractivity contribution in [2.45, 2.75) is 65.7 Å². The maximum Gasteiger partial charge on any atom is 0.435 e. The largest absolute Gasteiger partial charge is 0.435 e. The van der Waals surface area contributed by atoms with Crippen LogP contribution in [-0.2, 0) is 24.1 Å². The number of nitrogens with one attached hydrogen (secondary N) is 1. The Kier molecular flexibility index (Phi) is 5.02. The van der Waals surface area contributed by atoms with Gasteiger partial charge in [0.2, 0.25) is 5.91 Å². The zero-order chi connectivity index (χ0) is 21.7. The van der Waals surface area contributed by atoms with E-state index in [1.165, 1.54) is 11.1 Å². The van der Waals surface area contributed by atoms with Gasteiger partial charge >= 0.3 is 6.18 Å². The molecule has 0 saturated heterocycles. The minimum atomic E-state index is -4.45. The first-order chi connectivity index (χ1) is 14.0. The molecule has 1 N–H and O–H groups in total. The van der Waals surface area contributed by atoms with Crippen LogP contribution in [0.4, 0.5) is 24.7 Å². The van der Waals surface area contributed by atoms with E-state index in [1.807, 2.05) is 24.8 Å². The highest BCUT2D eigenvalue weighted by Crippen LogP contribution is 2.43. The summed E-state index contributed by atoms with van der Waals surface area (Å²) in [5, 5.41) is 6.68. The van der Waals surface area contributed by atoms with Gasteiger partial charge in [0.15, 0.2) is 5.69 Å². The van der Waals surface area contributed by atoms with Crippen molar-refractivity contribution < 1.29 is 18.0 Å². The second-order valence-electron chi connectivity index (χ2n) is 8.81. The topological polar surface area (TPSA) is 63.1 Å². The minimum absolute atomic E-state index is 0.000459. The number of alkyl halides is 3. The number of anilines is 2. The molecule has 2 aliphatic rings. The highest BCUT2D eigenvalue weighted by molar-refractivity contribution is 5.92. The third-order valence-electron chi connectivity index (χ3n) is 6.21. The number of aromatic nitrogens is 3. The van der Waals surface area contributed by atoms with E-state index >= 15 is 0 Å². The summed E-state index contributed by atoms with van der Waals surface area (Å²) in [6.45, 7) is 7.08. The van der Waals surface area contributed by atoms with Gasteiger partial charge in [-0.15, -0.1) is 0 Å². The summed E-state index contributed by atoms with van der Waals surface area (Å²) in [6, 6.07) is 2.98. The number of halogens is 3. The van der Waals surface area contributed by atoms with Crippen molar-refractivity contribution >= 4 is 17.4 Å². The standard InChI is InChI=1S/C21H26F3N5O/c1-13-9-17(25-14(2)19(13)26-18(30)11-20(3)5-4-6-20)28-7-8-29-15(12-28)10-16(27-29)21(22,23)24/h9-10H,4-8,11-12H2,1-3H3,(H,26,30). The summed E-state index contributed by atoms with van der Waals surface area (Å²) < 4.78 is 40.2. The summed E-state index contributed by atoms with van der Waals surface area (Å²) >= 11 is 0. The van der Waals surface area contributed by atoms with Crippen LogP contribution in [0.3, 0.4) is 0 Å². The second-order valence-corrected chi connectivity index (χ2v) is 8.81. The van der Waals surface area contributed by atoms with Gasteiger partial charge < -0.3 is 10.2 Å². The van der Waals surface area contributed by atoms with Gasteiger partial charge in [-0.2, -0.15) is 18.3 Å². The van der Waals surface area contributed by atoms with Crippen molar-refractivity contribution in [1.82, 2.24) is 14.8 Å². The molecule has 1 amide bonds. The number of pyridine rings is 1. The van der Waals surface area contributed by atoms with Crippen LogP contribution in [0, 0.1) is 19.3 Å². The lowest BCUT2D eigenvalue weighted by Crippen LogP contribution is -2.34. The smallest absolute Gasteiger partial charge is 0.349 e. The third kappa shape index (κ3) is 4.02. The third-order valence-corrected chi connectivity index (χ3v) is 6.21. The van der Waals surface area contributed by atoms with Gasteiger partial charge in [-0.05, 0) is 49.8 Å². The zero-order valence-electron chi connectivity index (χ0n) is 17.4. The number of fused-ring (bicyclic) bond motifs is 1. The van der Waals surface area contributed by atoms with E-state index in [0.717, 1.165) is 24.5 Å². The van der Waals surface area contributed by atoms with Crippen molar-refractivity contribution in [3.63, 3.8) is 0 Å². The molecule has 1 aliphatic heterocycles. The summed E-state index contributed by atoms with van der Waals surface area (Å²) in [5.41, 5.74) is 2.06. The molecule has 3 heterocycles. The van der Waals surface area contributed by atoms with E-state index < -0.39 is 11.9 Å². The number of hydrogen-bond acceptors (Lipinski definition) is 4. The molecule has 9 heteroatoms. The monoisotopic (exact) mass is 421 g/mol. The first-order valence-corrected chi connectivity index (χ1v) is 10.2. The van der Waals surface area contributed by atoms with E-state index in [1.54, 1.807) is 0 Å². The first kappa shape index (κ1) is 20.7. The summed E-state index contributed by atoms with van der Waals surface area (Å²) in [5.74, 6) is 0.689. The van der Waals surface area contributed by atoms with Crippen LogP contribution in [0.1, 0.15) is 55.3 Å². The molecule has 6 nitrogen and oxygen atoms in total. The van der Waals surface area contributed by atoms with Crippen molar-refractivity contribution in [2.24, 2.45) is 5.41 Å². The number of carbonyl (C=O) groups is 1. The van der Waals surface area contributed by atoms with Crippen LogP contribution in [0.5, 0.6) is 0 Å². The minimum Gasteiger partial charge on any atom is -0.349 e. The maximum absolute atomic E-state index is 12.9. The fourth-order valence-electron chi connectivity index (χ4n) is 4.29. The number of carbonyl (C=O) groups excluding carboxylic acids is 1. The predicted molar refractivity (Wildman–Crippen MR) is 107 cm³/mol.